The van der Waals surface area contributed by atoms with Gasteiger partial charge in [-0.15, -0.1) is 0 Å². The summed E-state index contributed by atoms with van der Waals surface area (Å²) in [5.41, 5.74) is 0.372. The van der Waals surface area contributed by atoms with Gasteiger partial charge in [0.2, 0.25) is 0 Å². The zero-order valence-electron chi connectivity index (χ0n) is 11.4. The van der Waals surface area contributed by atoms with Crippen LogP contribution >= 0.6 is 22.6 Å². The molecule has 20 heavy (non-hydrogen) atoms. The Morgan fingerprint density at radius 2 is 2.10 bits per heavy atom. The lowest BCUT2D eigenvalue weighted by atomic mass is 10.2. The molecule has 7 heteroatoms. The second kappa shape index (κ2) is 8.05. The molecule has 0 aromatic heterocycles. The van der Waals surface area contributed by atoms with Crippen molar-refractivity contribution >= 4 is 40.3 Å². The SMILES string of the molecule is CCN(C)CCNC(=O)Nc1ccc(I)cc1C(=O)O. The number of hydrogen-bond acceptors (Lipinski definition) is 3. The number of nitrogens with zero attached hydrogens (tertiary/aromatic N) is 1. The predicted octanol–water partition coefficient (Wildman–Crippen LogP) is 2.06. The maximum Gasteiger partial charge on any atom is 0.337 e. The van der Waals surface area contributed by atoms with Crippen LogP contribution in [0.1, 0.15) is 17.3 Å². The van der Waals surface area contributed by atoms with Crippen LogP contribution in [0.2, 0.25) is 0 Å². The summed E-state index contributed by atoms with van der Waals surface area (Å²) in [5.74, 6) is -1.07. The van der Waals surface area contributed by atoms with Gasteiger partial charge in [0.05, 0.1) is 11.3 Å². The average molecular weight is 391 g/mol. The molecular formula is C13H18IN3O3. The van der Waals surface area contributed by atoms with E-state index in [9.17, 15) is 9.59 Å². The Labute approximate surface area is 131 Å². The highest BCUT2D eigenvalue weighted by Gasteiger charge is 2.12. The van der Waals surface area contributed by atoms with Crippen LogP contribution in [0.15, 0.2) is 18.2 Å². The third-order valence-corrected chi connectivity index (χ3v) is 3.45. The summed E-state index contributed by atoms with van der Waals surface area (Å²) in [6.45, 7) is 4.18. The van der Waals surface area contributed by atoms with Crippen molar-refractivity contribution in [2.24, 2.45) is 0 Å². The lowest BCUT2D eigenvalue weighted by Gasteiger charge is -2.15. The molecule has 0 unspecified atom stereocenters. The molecule has 0 saturated heterocycles. The van der Waals surface area contributed by atoms with E-state index in [0.29, 0.717) is 12.2 Å². The number of aromatic carboxylic acids is 1. The Kier molecular flexibility index (Phi) is 6.73. The van der Waals surface area contributed by atoms with E-state index in [1.54, 1.807) is 12.1 Å². The topological polar surface area (TPSA) is 81.7 Å². The van der Waals surface area contributed by atoms with Crippen molar-refractivity contribution in [3.63, 3.8) is 0 Å². The molecule has 0 bridgehead atoms. The maximum absolute atomic E-state index is 11.7. The molecule has 6 nitrogen and oxygen atoms in total. The molecule has 0 spiro atoms. The quantitative estimate of drug-likeness (QED) is 0.649. The van der Waals surface area contributed by atoms with Crippen LogP contribution in [-0.4, -0.2) is 48.7 Å². The van der Waals surface area contributed by atoms with E-state index in [1.165, 1.54) is 6.07 Å². The molecule has 0 radical (unpaired) electrons. The normalized spacial score (nSPS) is 10.4. The molecule has 0 heterocycles. The molecule has 1 rings (SSSR count). The van der Waals surface area contributed by atoms with Crippen LogP contribution in [-0.2, 0) is 0 Å². The fourth-order valence-corrected chi connectivity index (χ4v) is 1.98. The van der Waals surface area contributed by atoms with Crippen LogP contribution in [0.4, 0.5) is 10.5 Å². The number of carbonyl (C=O) groups is 2. The van der Waals surface area contributed by atoms with Gasteiger partial charge < -0.3 is 20.6 Å². The fourth-order valence-electron chi connectivity index (χ4n) is 1.49. The van der Waals surface area contributed by atoms with E-state index in [2.05, 4.69) is 15.5 Å². The van der Waals surface area contributed by atoms with Gasteiger partial charge in [-0.1, -0.05) is 6.92 Å². The summed E-state index contributed by atoms with van der Waals surface area (Å²) in [5, 5.41) is 14.4. The number of amides is 2. The highest BCUT2D eigenvalue weighted by Crippen LogP contribution is 2.18. The Hall–Kier alpha value is -1.35. The van der Waals surface area contributed by atoms with Crippen LogP contribution in [0.3, 0.4) is 0 Å². The number of urea groups is 1. The predicted molar refractivity (Wildman–Crippen MR) is 86.3 cm³/mol. The van der Waals surface area contributed by atoms with Crippen molar-refractivity contribution in [3.05, 3.63) is 27.3 Å². The molecule has 110 valence electrons. The zero-order chi connectivity index (χ0) is 15.1. The fraction of sp³-hybridized carbons (Fsp3) is 0.385. The van der Waals surface area contributed by atoms with Gasteiger partial charge in [-0.25, -0.2) is 9.59 Å². The van der Waals surface area contributed by atoms with E-state index in [-0.39, 0.29) is 5.56 Å². The number of carbonyl (C=O) groups excluding carboxylic acids is 1. The first-order valence-electron chi connectivity index (χ1n) is 6.20. The van der Waals surface area contributed by atoms with E-state index < -0.39 is 12.0 Å². The molecule has 1 aromatic carbocycles. The van der Waals surface area contributed by atoms with Gasteiger partial charge in [0, 0.05) is 16.7 Å². The van der Waals surface area contributed by atoms with Gasteiger partial charge in [0.25, 0.3) is 0 Å². The largest absolute Gasteiger partial charge is 0.478 e. The molecule has 0 aliphatic rings. The van der Waals surface area contributed by atoms with Crippen molar-refractivity contribution in [1.82, 2.24) is 10.2 Å². The van der Waals surface area contributed by atoms with E-state index in [0.717, 1.165) is 16.7 Å². The third-order valence-electron chi connectivity index (χ3n) is 2.78. The first-order chi connectivity index (χ1) is 9.43. The summed E-state index contributed by atoms with van der Waals surface area (Å²) >= 11 is 2.03. The molecule has 3 N–H and O–H groups in total. The van der Waals surface area contributed by atoms with Crippen molar-refractivity contribution in [1.29, 1.82) is 0 Å². The van der Waals surface area contributed by atoms with Gasteiger partial charge in [-0.3, -0.25) is 0 Å². The zero-order valence-corrected chi connectivity index (χ0v) is 13.6. The summed E-state index contributed by atoms with van der Waals surface area (Å²) < 4.78 is 0.801. The van der Waals surface area contributed by atoms with Crippen molar-refractivity contribution < 1.29 is 14.7 Å². The van der Waals surface area contributed by atoms with Crippen molar-refractivity contribution in [3.8, 4) is 0 Å². The molecule has 0 saturated carbocycles. The number of halogens is 1. The highest BCUT2D eigenvalue weighted by atomic mass is 127. The second-order valence-electron chi connectivity index (χ2n) is 4.27. The molecular weight excluding hydrogens is 373 g/mol. The number of hydrogen-bond donors (Lipinski definition) is 3. The number of anilines is 1. The number of carboxylic acid groups (broad SMARTS) is 1. The van der Waals surface area contributed by atoms with Crippen LogP contribution in [0.25, 0.3) is 0 Å². The number of likely N-dealkylation sites (N-methyl/N-ethyl adjacent to an activating group) is 1. The van der Waals surface area contributed by atoms with E-state index >= 15 is 0 Å². The molecule has 0 aliphatic carbocycles. The highest BCUT2D eigenvalue weighted by molar-refractivity contribution is 14.1. The average Bonchev–Trinajstić information content (AvgIpc) is 2.40. The lowest BCUT2D eigenvalue weighted by molar-refractivity contribution is 0.0698. The van der Waals surface area contributed by atoms with Gasteiger partial charge >= 0.3 is 12.0 Å². The summed E-state index contributed by atoms with van der Waals surface area (Å²) in [4.78, 5) is 24.9. The third kappa shape index (κ3) is 5.33. The number of benzene rings is 1. The molecule has 0 atom stereocenters. The minimum Gasteiger partial charge on any atom is -0.478 e. The first-order valence-corrected chi connectivity index (χ1v) is 7.28. The monoisotopic (exact) mass is 391 g/mol. The van der Waals surface area contributed by atoms with Gasteiger partial charge in [0.1, 0.15) is 0 Å². The number of nitrogens with one attached hydrogen (secondary N) is 2. The number of rotatable bonds is 6. The lowest BCUT2D eigenvalue weighted by Crippen LogP contribution is -2.35. The second-order valence-corrected chi connectivity index (χ2v) is 5.52. The smallest absolute Gasteiger partial charge is 0.337 e. The standard InChI is InChI=1S/C13H18IN3O3/c1-3-17(2)7-6-15-13(20)16-11-5-4-9(14)8-10(11)12(18)19/h4-5,8H,3,6-7H2,1-2H3,(H,18,19)(H2,15,16,20). The Morgan fingerprint density at radius 1 is 1.40 bits per heavy atom. The molecule has 2 amide bonds. The summed E-state index contributed by atoms with van der Waals surface area (Å²) in [7, 11) is 1.96. The minimum absolute atomic E-state index is 0.0812. The molecule has 0 fully saturated rings. The maximum atomic E-state index is 11.7. The summed E-state index contributed by atoms with van der Waals surface area (Å²) in [6.07, 6.45) is 0. The van der Waals surface area contributed by atoms with Crippen LogP contribution < -0.4 is 10.6 Å². The Morgan fingerprint density at radius 3 is 2.70 bits per heavy atom. The summed E-state index contributed by atoms with van der Waals surface area (Å²) in [6, 6.07) is 4.44. The van der Waals surface area contributed by atoms with Crippen LogP contribution in [0, 0.1) is 3.57 Å². The van der Waals surface area contributed by atoms with E-state index in [1.807, 2.05) is 36.6 Å². The van der Waals surface area contributed by atoms with Crippen molar-refractivity contribution in [2.75, 3.05) is 32.0 Å². The Balaban J connectivity index is 2.60. The number of carboxylic acids is 1. The minimum atomic E-state index is -1.07. The first kappa shape index (κ1) is 16.7. The van der Waals surface area contributed by atoms with Crippen molar-refractivity contribution in [2.45, 2.75) is 6.92 Å². The van der Waals surface area contributed by atoms with Gasteiger partial charge in [-0.2, -0.15) is 0 Å². The van der Waals surface area contributed by atoms with Gasteiger partial charge in [-0.05, 0) is 54.4 Å². The molecule has 0 aliphatic heterocycles. The van der Waals surface area contributed by atoms with Gasteiger partial charge in [0.15, 0.2) is 0 Å². The van der Waals surface area contributed by atoms with Crippen LogP contribution in [0.5, 0.6) is 0 Å². The Bertz CT molecular complexity index is 494. The van der Waals surface area contributed by atoms with E-state index in [4.69, 9.17) is 5.11 Å². The molecule has 1 aromatic rings.